The number of amides is 1. The molecule has 0 saturated heterocycles. The Morgan fingerprint density at radius 2 is 2.16 bits per heavy atom. The standard InChI is InChI=1S/C12H9BrN2O3S/c13-10-2-1-9(19-10)11(16)15-6-8-5-7(12(17)18)3-4-14-8/h1-5H,6H2,(H,15,16)(H,17,18). The maximum atomic E-state index is 11.8. The van der Waals surface area contributed by atoms with Crippen molar-refractivity contribution in [2.75, 3.05) is 0 Å². The average molecular weight is 341 g/mol. The molecule has 1 amide bonds. The van der Waals surface area contributed by atoms with E-state index in [0.29, 0.717) is 10.6 Å². The molecule has 0 bridgehead atoms. The van der Waals surface area contributed by atoms with Gasteiger partial charge in [0.15, 0.2) is 0 Å². The molecule has 2 heterocycles. The third-order valence-corrected chi connectivity index (χ3v) is 3.91. The number of thiophene rings is 1. The van der Waals surface area contributed by atoms with Gasteiger partial charge in [-0.05, 0) is 40.2 Å². The van der Waals surface area contributed by atoms with Gasteiger partial charge < -0.3 is 10.4 Å². The number of nitrogens with one attached hydrogen (secondary N) is 1. The highest BCUT2D eigenvalue weighted by atomic mass is 79.9. The number of aromatic carboxylic acids is 1. The molecule has 0 aliphatic carbocycles. The van der Waals surface area contributed by atoms with Gasteiger partial charge in [-0.3, -0.25) is 9.78 Å². The summed E-state index contributed by atoms with van der Waals surface area (Å²) in [5, 5.41) is 11.5. The van der Waals surface area contributed by atoms with Gasteiger partial charge in [0.25, 0.3) is 5.91 Å². The van der Waals surface area contributed by atoms with E-state index in [1.807, 2.05) is 0 Å². The summed E-state index contributed by atoms with van der Waals surface area (Å²) >= 11 is 4.61. The quantitative estimate of drug-likeness (QED) is 0.896. The van der Waals surface area contributed by atoms with Crippen LogP contribution in [0.15, 0.2) is 34.2 Å². The van der Waals surface area contributed by atoms with Gasteiger partial charge in [0.05, 0.1) is 26.5 Å². The zero-order valence-corrected chi connectivity index (χ0v) is 12.0. The second-order valence-electron chi connectivity index (χ2n) is 3.63. The maximum absolute atomic E-state index is 11.8. The lowest BCUT2D eigenvalue weighted by atomic mass is 10.2. The van der Waals surface area contributed by atoms with E-state index >= 15 is 0 Å². The first kappa shape index (κ1) is 13.7. The number of pyridine rings is 1. The second kappa shape index (κ2) is 5.94. The maximum Gasteiger partial charge on any atom is 0.335 e. The van der Waals surface area contributed by atoms with Crippen LogP contribution in [0.2, 0.25) is 0 Å². The number of rotatable bonds is 4. The van der Waals surface area contributed by atoms with Crippen LogP contribution in [-0.4, -0.2) is 22.0 Å². The van der Waals surface area contributed by atoms with Gasteiger partial charge in [0.1, 0.15) is 0 Å². The molecule has 98 valence electrons. The summed E-state index contributed by atoms with van der Waals surface area (Å²) < 4.78 is 0.878. The molecule has 0 atom stereocenters. The van der Waals surface area contributed by atoms with Crippen molar-refractivity contribution in [3.8, 4) is 0 Å². The Balaban J connectivity index is 2.01. The van der Waals surface area contributed by atoms with Crippen LogP contribution >= 0.6 is 27.3 Å². The van der Waals surface area contributed by atoms with E-state index in [9.17, 15) is 9.59 Å². The third-order valence-electron chi connectivity index (χ3n) is 2.29. The van der Waals surface area contributed by atoms with Crippen molar-refractivity contribution in [2.24, 2.45) is 0 Å². The van der Waals surface area contributed by atoms with Gasteiger partial charge in [0, 0.05) is 6.20 Å². The average Bonchev–Trinajstić information content (AvgIpc) is 2.83. The molecule has 0 saturated carbocycles. The monoisotopic (exact) mass is 340 g/mol. The molecule has 0 aliphatic heterocycles. The zero-order valence-electron chi connectivity index (χ0n) is 9.59. The first-order valence-electron chi connectivity index (χ1n) is 5.28. The number of carboxylic acids is 1. The molecule has 7 heteroatoms. The van der Waals surface area contributed by atoms with Crippen LogP contribution in [0.4, 0.5) is 0 Å². The molecule has 0 aromatic carbocycles. The van der Waals surface area contributed by atoms with Crippen LogP contribution in [-0.2, 0) is 6.54 Å². The van der Waals surface area contributed by atoms with Gasteiger partial charge >= 0.3 is 5.97 Å². The molecule has 0 spiro atoms. The number of hydrogen-bond donors (Lipinski definition) is 2. The molecular weight excluding hydrogens is 332 g/mol. The topological polar surface area (TPSA) is 79.3 Å². The lowest BCUT2D eigenvalue weighted by Crippen LogP contribution is -2.22. The lowest BCUT2D eigenvalue weighted by Gasteiger charge is -2.03. The minimum absolute atomic E-state index is 0.151. The zero-order chi connectivity index (χ0) is 13.8. The molecule has 2 aromatic heterocycles. The van der Waals surface area contributed by atoms with Crippen LogP contribution in [0, 0.1) is 0 Å². The van der Waals surface area contributed by atoms with Gasteiger partial charge in [-0.2, -0.15) is 0 Å². The molecule has 0 fully saturated rings. The smallest absolute Gasteiger partial charge is 0.335 e. The Hall–Kier alpha value is -1.73. The molecule has 0 aliphatic rings. The van der Waals surface area contributed by atoms with E-state index in [1.54, 1.807) is 12.1 Å². The van der Waals surface area contributed by atoms with Gasteiger partial charge in [-0.1, -0.05) is 0 Å². The predicted molar refractivity (Wildman–Crippen MR) is 74.4 cm³/mol. The van der Waals surface area contributed by atoms with Crippen LogP contribution in [0.5, 0.6) is 0 Å². The van der Waals surface area contributed by atoms with Crippen LogP contribution in [0.25, 0.3) is 0 Å². The Bertz CT molecular complexity index is 627. The minimum atomic E-state index is -1.02. The van der Waals surface area contributed by atoms with Crippen LogP contribution in [0.1, 0.15) is 25.7 Å². The predicted octanol–water partition coefficient (Wildman–Crippen LogP) is 2.53. The minimum Gasteiger partial charge on any atom is -0.478 e. The highest BCUT2D eigenvalue weighted by Crippen LogP contribution is 2.21. The van der Waals surface area contributed by atoms with E-state index in [4.69, 9.17) is 5.11 Å². The summed E-state index contributed by atoms with van der Waals surface area (Å²) in [5.74, 6) is -1.23. The molecule has 2 N–H and O–H groups in total. The molecule has 5 nitrogen and oxygen atoms in total. The summed E-state index contributed by atoms with van der Waals surface area (Å²) in [5.41, 5.74) is 0.655. The third kappa shape index (κ3) is 3.62. The fourth-order valence-electron chi connectivity index (χ4n) is 1.40. The molecular formula is C12H9BrN2O3S. The van der Waals surface area contributed by atoms with E-state index in [-0.39, 0.29) is 18.0 Å². The van der Waals surface area contributed by atoms with E-state index in [0.717, 1.165) is 3.79 Å². The van der Waals surface area contributed by atoms with Gasteiger partial charge in [-0.25, -0.2) is 4.79 Å². The first-order chi connectivity index (χ1) is 9.06. The first-order valence-corrected chi connectivity index (χ1v) is 6.89. The molecule has 0 unspecified atom stereocenters. The number of carbonyl (C=O) groups is 2. The number of halogens is 1. The largest absolute Gasteiger partial charge is 0.478 e. The molecule has 19 heavy (non-hydrogen) atoms. The number of carbonyl (C=O) groups excluding carboxylic acids is 1. The Morgan fingerprint density at radius 3 is 2.79 bits per heavy atom. The number of nitrogens with zero attached hydrogens (tertiary/aromatic N) is 1. The highest BCUT2D eigenvalue weighted by molar-refractivity contribution is 9.11. The fourth-order valence-corrected chi connectivity index (χ4v) is 2.70. The Labute approximate surface area is 121 Å². The summed E-state index contributed by atoms with van der Waals surface area (Å²) in [7, 11) is 0. The van der Waals surface area contributed by atoms with Crippen LogP contribution in [0.3, 0.4) is 0 Å². The van der Waals surface area contributed by atoms with E-state index in [2.05, 4.69) is 26.2 Å². The normalized spacial score (nSPS) is 10.2. The van der Waals surface area contributed by atoms with E-state index in [1.165, 1.54) is 29.7 Å². The number of hydrogen-bond acceptors (Lipinski definition) is 4. The summed E-state index contributed by atoms with van der Waals surface area (Å²) in [6, 6.07) is 6.35. The Morgan fingerprint density at radius 1 is 1.37 bits per heavy atom. The van der Waals surface area contributed by atoms with Crippen molar-refractivity contribution in [3.05, 3.63) is 50.4 Å². The van der Waals surface area contributed by atoms with Crippen molar-refractivity contribution in [1.29, 1.82) is 0 Å². The SMILES string of the molecule is O=C(O)c1ccnc(CNC(=O)c2ccc(Br)s2)c1. The van der Waals surface area contributed by atoms with Crippen molar-refractivity contribution in [1.82, 2.24) is 10.3 Å². The van der Waals surface area contributed by atoms with Crippen molar-refractivity contribution in [2.45, 2.75) is 6.54 Å². The summed E-state index contributed by atoms with van der Waals surface area (Å²) in [6.07, 6.45) is 1.41. The van der Waals surface area contributed by atoms with Crippen molar-refractivity contribution < 1.29 is 14.7 Å². The highest BCUT2D eigenvalue weighted by Gasteiger charge is 2.09. The van der Waals surface area contributed by atoms with Crippen LogP contribution < -0.4 is 5.32 Å². The molecule has 2 rings (SSSR count). The second-order valence-corrected chi connectivity index (χ2v) is 6.09. The fraction of sp³-hybridized carbons (Fsp3) is 0.0833. The molecule has 0 radical (unpaired) electrons. The van der Waals surface area contributed by atoms with Crippen molar-refractivity contribution >= 4 is 39.1 Å². The number of aromatic nitrogens is 1. The van der Waals surface area contributed by atoms with Gasteiger partial charge in [0.2, 0.25) is 0 Å². The Kier molecular flexibility index (Phi) is 4.28. The van der Waals surface area contributed by atoms with Gasteiger partial charge in [-0.15, -0.1) is 11.3 Å². The summed E-state index contributed by atoms with van der Waals surface area (Å²) in [6.45, 7) is 0.190. The van der Waals surface area contributed by atoms with Crippen molar-refractivity contribution in [3.63, 3.8) is 0 Å². The van der Waals surface area contributed by atoms with E-state index < -0.39 is 5.97 Å². The number of carboxylic acid groups (broad SMARTS) is 1. The molecule has 2 aromatic rings. The summed E-state index contributed by atoms with van der Waals surface area (Å²) in [4.78, 5) is 27.2. The lowest BCUT2D eigenvalue weighted by molar-refractivity contribution is 0.0696.